The van der Waals surface area contributed by atoms with Crippen LogP contribution in [0.15, 0.2) is 24.3 Å². The van der Waals surface area contributed by atoms with Gasteiger partial charge >= 0.3 is 0 Å². The number of nitrogens with two attached hydrogens (primary N) is 1. The number of anilines is 1. The Labute approximate surface area is 167 Å². The number of rotatable bonds is 4. The van der Waals surface area contributed by atoms with Crippen molar-refractivity contribution in [1.82, 2.24) is 5.32 Å². The molecule has 0 heterocycles. The first kappa shape index (κ1) is 19.4. The second-order valence-corrected chi connectivity index (χ2v) is 9.07. The molecule has 2 atom stereocenters. The highest BCUT2D eigenvalue weighted by molar-refractivity contribution is 5.96. The summed E-state index contributed by atoms with van der Waals surface area (Å²) >= 11 is 0. The second kappa shape index (κ2) is 8.64. The summed E-state index contributed by atoms with van der Waals surface area (Å²) in [6, 6.07) is 7.86. The van der Waals surface area contributed by atoms with Crippen LogP contribution in [0.25, 0.3) is 0 Å². The van der Waals surface area contributed by atoms with Gasteiger partial charge in [-0.3, -0.25) is 9.59 Å². The Morgan fingerprint density at radius 1 is 0.857 bits per heavy atom. The van der Waals surface area contributed by atoms with E-state index < -0.39 is 0 Å². The van der Waals surface area contributed by atoms with Crippen LogP contribution in [0.2, 0.25) is 0 Å². The minimum Gasteiger partial charge on any atom is -0.349 e. The van der Waals surface area contributed by atoms with E-state index in [1.807, 2.05) is 12.1 Å². The number of carbonyl (C=O) groups excluding carboxylic acids is 2. The molecule has 1 aromatic rings. The second-order valence-electron chi connectivity index (χ2n) is 9.07. The maximum absolute atomic E-state index is 12.8. The number of hydrogen-bond acceptors (Lipinski definition) is 3. The van der Waals surface area contributed by atoms with E-state index in [-0.39, 0.29) is 23.8 Å². The molecule has 4 rings (SSSR count). The number of fused-ring (bicyclic) bond motifs is 2. The minimum absolute atomic E-state index is 0.0149. The molecule has 3 aliphatic carbocycles. The highest BCUT2D eigenvalue weighted by atomic mass is 16.2. The average Bonchev–Trinajstić information content (AvgIpc) is 2.69. The predicted molar refractivity (Wildman–Crippen MR) is 111 cm³/mol. The largest absolute Gasteiger partial charge is 0.349 e. The summed E-state index contributed by atoms with van der Waals surface area (Å²) in [5, 5.41) is 6.19. The monoisotopic (exact) mass is 383 g/mol. The summed E-state index contributed by atoms with van der Waals surface area (Å²) < 4.78 is 0. The van der Waals surface area contributed by atoms with Gasteiger partial charge in [0.05, 0.1) is 0 Å². The van der Waals surface area contributed by atoms with Crippen LogP contribution >= 0.6 is 0 Å². The molecule has 5 heteroatoms. The summed E-state index contributed by atoms with van der Waals surface area (Å²) in [4.78, 5) is 25.2. The lowest BCUT2D eigenvalue weighted by atomic mass is 9.65. The molecule has 1 aromatic carbocycles. The standard InChI is InChI=1S/C23H33N3O2/c24-21-16-5-4-6-17(21)14-18(13-16)23(28)26-20-11-9-15(10-12-20)22(27)25-19-7-2-1-3-8-19/h9-12,16-19,21H,1-8,13-14,24H2,(H,25,27)(H,26,28). The summed E-state index contributed by atoms with van der Waals surface area (Å²) in [6.45, 7) is 0. The quantitative estimate of drug-likeness (QED) is 0.738. The molecule has 3 fully saturated rings. The molecule has 0 aromatic heterocycles. The average molecular weight is 384 g/mol. The molecule has 0 radical (unpaired) electrons. The lowest BCUT2D eigenvalue weighted by Gasteiger charge is -2.43. The van der Waals surface area contributed by atoms with Crippen molar-refractivity contribution in [2.75, 3.05) is 5.32 Å². The van der Waals surface area contributed by atoms with Gasteiger partial charge in [-0.2, -0.15) is 0 Å². The molecular formula is C23H33N3O2. The molecule has 5 nitrogen and oxygen atoms in total. The Morgan fingerprint density at radius 3 is 2.14 bits per heavy atom. The Kier molecular flexibility index (Phi) is 6.00. The van der Waals surface area contributed by atoms with Gasteiger partial charge in [-0.05, 0) is 74.6 Å². The molecule has 0 aliphatic heterocycles. The van der Waals surface area contributed by atoms with Gasteiger partial charge in [-0.15, -0.1) is 0 Å². The van der Waals surface area contributed by atoms with E-state index in [0.717, 1.165) is 44.2 Å². The van der Waals surface area contributed by atoms with E-state index in [2.05, 4.69) is 10.6 Å². The van der Waals surface area contributed by atoms with Gasteiger partial charge in [-0.25, -0.2) is 0 Å². The highest BCUT2D eigenvalue weighted by Gasteiger charge is 2.40. The maximum atomic E-state index is 12.8. The predicted octanol–water partition coefficient (Wildman–Crippen LogP) is 3.84. The molecule has 4 N–H and O–H groups in total. The zero-order chi connectivity index (χ0) is 19.5. The third kappa shape index (κ3) is 4.40. The van der Waals surface area contributed by atoms with Crippen molar-refractivity contribution in [3.05, 3.63) is 29.8 Å². The van der Waals surface area contributed by atoms with Crippen LogP contribution in [0.1, 0.15) is 74.6 Å². The van der Waals surface area contributed by atoms with Crippen molar-refractivity contribution in [3.63, 3.8) is 0 Å². The minimum atomic E-state index is -0.0149. The van der Waals surface area contributed by atoms with Crippen LogP contribution in [0, 0.1) is 17.8 Å². The molecule has 2 bridgehead atoms. The first-order chi connectivity index (χ1) is 13.6. The van der Waals surface area contributed by atoms with E-state index >= 15 is 0 Å². The van der Waals surface area contributed by atoms with Crippen LogP contribution in [-0.2, 0) is 4.79 Å². The van der Waals surface area contributed by atoms with Crippen molar-refractivity contribution in [2.24, 2.45) is 23.5 Å². The zero-order valence-electron chi connectivity index (χ0n) is 16.7. The van der Waals surface area contributed by atoms with Crippen molar-refractivity contribution >= 4 is 17.5 Å². The lowest BCUT2D eigenvalue weighted by Crippen LogP contribution is -2.48. The summed E-state index contributed by atoms with van der Waals surface area (Å²) in [7, 11) is 0. The first-order valence-corrected chi connectivity index (χ1v) is 11.1. The van der Waals surface area contributed by atoms with Crippen molar-refractivity contribution < 1.29 is 9.59 Å². The SMILES string of the molecule is NC1C2CCCC1CC(C(=O)Nc1ccc(C(=O)NC3CCCCC3)cc1)C2. The normalized spacial score (nSPS) is 30.5. The van der Waals surface area contributed by atoms with Crippen LogP contribution in [0.3, 0.4) is 0 Å². The fraction of sp³-hybridized carbons (Fsp3) is 0.652. The highest BCUT2D eigenvalue weighted by Crippen LogP contribution is 2.42. The fourth-order valence-corrected chi connectivity index (χ4v) is 5.47. The molecule has 3 aliphatic rings. The summed E-state index contributed by atoms with van der Waals surface area (Å²) in [5.41, 5.74) is 7.76. The Bertz CT molecular complexity index is 682. The van der Waals surface area contributed by atoms with Crippen LogP contribution in [-0.4, -0.2) is 23.9 Å². The lowest BCUT2D eigenvalue weighted by molar-refractivity contribution is -0.122. The number of carbonyl (C=O) groups is 2. The maximum Gasteiger partial charge on any atom is 0.251 e. The topological polar surface area (TPSA) is 84.2 Å². The molecule has 28 heavy (non-hydrogen) atoms. The molecule has 3 saturated carbocycles. The molecule has 0 spiro atoms. The summed E-state index contributed by atoms with van der Waals surface area (Å²) in [5.74, 6) is 1.13. The van der Waals surface area contributed by atoms with E-state index in [4.69, 9.17) is 5.73 Å². The van der Waals surface area contributed by atoms with Gasteiger partial charge in [0.15, 0.2) is 0 Å². The van der Waals surface area contributed by atoms with Gasteiger partial charge in [0.1, 0.15) is 0 Å². The van der Waals surface area contributed by atoms with E-state index in [1.54, 1.807) is 12.1 Å². The smallest absolute Gasteiger partial charge is 0.251 e. The van der Waals surface area contributed by atoms with Crippen molar-refractivity contribution in [2.45, 2.75) is 76.3 Å². The van der Waals surface area contributed by atoms with Crippen LogP contribution in [0.5, 0.6) is 0 Å². The molecule has 2 unspecified atom stereocenters. The van der Waals surface area contributed by atoms with Crippen LogP contribution in [0.4, 0.5) is 5.69 Å². The zero-order valence-corrected chi connectivity index (χ0v) is 16.7. The molecular weight excluding hydrogens is 350 g/mol. The molecule has 152 valence electrons. The van der Waals surface area contributed by atoms with Gasteiger partial charge in [0, 0.05) is 29.3 Å². The van der Waals surface area contributed by atoms with Gasteiger partial charge in [-0.1, -0.05) is 25.7 Å². The number of nitrogens with one attached hydrogen (secondary N) is 2. The number of benzene rings is 1. The van der Waals surface area contributed by atoms with Crippen molar-refractivity contribution in [1.29, 1.82) is 0 Å². The molecule has 2 amide bonds. The molecule has 0 saturated heterocycles. The Hall–Kier alpha value is -1.88. The van der Waals surface area contributed by atoms with Gasteiger partial charge in [0.2, 0.25) is 5.91 Å². The third-order valence-corrected chi connectivity index (χ3v) is 7.14. The fourth-order valence-electron chi connectivity index (χ4n) is 5.47. The Balaban J connectivity index is 1.31. The number of hydrogen-bond donors (Lipinski definition) is 3. The van der Waals surface area contributed by atoms with Crippen molar-refractivity contribution in [3.8, 4) is 0 Å². The van der Waals surface area contributed by atoms with Crippen LogP contribution < -0.4 is 16.4 Å². The number of amides is 2. The van der Waals surface area contributed by atoms with E-state index in [0.29, 0.717) is 23.4 Å². The van der Waals surface area contributed by atoms with E-state index in [9.17, 15) is 9.59 Å². The van der Waals surface area contributed by atoms with Gasteiger partial charge in [0.25, 0.3) is 5.91 Å². The van der Waals surface area contributed by atoms with E-state index in [1.165, 1.54) is 25.7 Å². The third-order valence-electron chi connectivity index (χ3n) is 7.14. The first-order valence-electron chi connectivity index (χ1n) is 11.1. The Morgan fingerprint density at radius 2 is 1.50 bits per heavy atom. The van der Waals surface area contributed by atoms with Gasteiger partial charge < -0.3 is 16.4 Å². The summed E-state index contributed by atoms with van der Waals surface area (Å²) in [6.07, 6.45) is 11.2.